The highest BCUT2D eigenvalue weighted by atomic mass is 32.1. The molecule has 1 aromatic carbocycles. The van der Waals surface area contributed by atoms with E-state index in [2.05, 4.69) is 20.4 Å². The van der Waals surface area contributed by atoms with E-state index < -0.39 is 23.4 Å². The number of carbonyl (C=O) groups is 1. The molecule has 0 saturated carbocycles. The van der Waals surface area contributed by atoms with Gasteiger partial charge in [-0.2, -0.15) is 4.80 Å². The number of amides is 1. The standard InChI is InChI=1S/C19H14FN7O4S/c20-11-3-1-2-9-4-13(31-16(9)11)12(28)5-27-24-14(23-25-27)6-26-8-22-18-15(19(26)30)10(7-32-18)17(21)29/h1-4,7-8,12,28H,5-6H2,(H2,21,29)/t12-/m0/s1. The van der Waals surface area contributed by atoms with E-state index in [-0.39, 0.29) is 41.2 Å². The van der Waals surface area contributed by atoms with Gasteiger partial charge in [-0.1, -0.05) is 12.1 Å². The summed E-state index contributed by atoms with van der Waals surface area (Å²) in [6.45, 7) is -0.154. The molecule has 32 heavy (non-hydrogen) atoms. The molecular formula is C19H14FN7O4S. The van der Waals surface area contributed by atoms with Crippen LogP contribution in [-0.4, -0.2) is 40.8 Å². The average molecular weight is 455 g/mol. The number of halogens is 1. The molecular weight excluding hydrogens is 441 g/mol. The van der Waals surface area contributed by atoms with Gasteiger partial charge in [-0.05, 0) is 17.3 Å². The van der Waals surface area contributed by atoms with Crippen LogP contribution in [0.1, 0.15) is 28.0 Å². The summed E-state index contributed by atoms with van der Waals surface area (Å²) in [7, 11) is 0. The number of thiophene rings is 1. The van der Waals surface area contributed by atoms with Gasteiger partial charge in [-0.15, -0.1) is 21.5 Å². The van der Waals surface area contributed by atoms with Crippen LogP contribution in [0.25, 0.3) is 21.2 Å². The highest BCUT2D eigenvalue weighted by Gasteiger charge is 2.19. The van der Waals surface area contributed by atoms with Crippen LogP contribution in [0, 0.1) is 5.82 Å². The third kappa shape index (κ3) is 3.42. The maximum absolute atomic E-state index is 13.8. The average Bonchev–Trinajstić information content (AvgIpc) is 3.48. The van der Waals surface area contributed by atoms with Gasteiger partial charge in [0.2, 0.25) is 5.91 Å². The smallest absolute Gasteiger partial charge is 0.263 e. The number of rotatable bonds is 6. The van der Waals surface area contributed by atoms with Crippen LogP contribution in [0.15, 0.2) is 45.2 Å². The van der Waals surface area contributed by atoms with Crippen LogP contribution in [0.2, 0.25) is 0 Å². The second-order valence-electron chi connectivity index (χ2n) is 6.95. The maximum Gasteiger partial charge on any atom is 0.263 e. The number of aromatic nitrogens is 6. The number of benzene rings is 1. The summed E-state index contributed by atoms with van der Waals surface area (Å²) in [6.07, 6.45) is 0.179. The number of aliphatic hydroxyl groups is 1. The van der Waals surface area contributed by atoms with Crippen molar-refractivity contribution in [2.45, 2.75) is 19.2 Å². The predicted octanol–water partition coefficient (Wildman–Crippen LogP) is 1.21. The van der Waals surface area contributed by atoms with Gasteiger partial charge in [0, 0.05) is 10.8 Å². The van der Waals surface area contributed by atoms with Crippen molar-refractivity contribution < 1.29 is 18.7 Å². The van der Waals surface area contributed by atoms with Gasteiger partial charge in [0.15, 0.2) is 17.2 Å². The molecule has 0 radical (unpaired) electrons. The molecule has 5 aromatic rings. The molecule has 0 bridgehead atoms. The van der Waals surface area contributed by atoms with Gasteiger partial charge in [0.1, 0.15) is 16.7 Å². The van der Waals surface area contributed by atoms with Crippen molar-refractivity contribution in [2.75, 3.05) is 0 Å². The number of para-hydroxylation sites is 1. The molecule has 5 rings (SSSR count). The Balaban J connectivity index is 1.36. The van der Waals surface area contributed by atoms with E-state index >= 15 is 0 Å². The first kappa shape index (κ1) is 20.0. The molecule has 0 aliphatic rings. The number of aliphatic hydroxyl groups excluding tert-OH is 1. The number of nitrogens with zero attached hydrogens (tertiary/aromatic N) is 6. The Morgan fingerprint density at radius 3 is 3.00 bits per heavy atom. The molecule has 162 valence electrons. The topological polar surface area (TPSA) is 155 Å². The number of hydrogen-bond acceptors (Lipinski definition) is 9. The van der Waals surface area contributed by atoms with Gasteiger partial charge in [-0.25, -0.2) is 9.37 Å². The molecule has 0 aliphatic carbocycles. The Morgan fingerprint density at radius 1 is 1.38 bits per heavy atom. The number of carbonyl (C=O) groups excluding carboxylic acids is 1. The molecule has 1 amide bonds. The molecule has 0 unspecified atom stereocenters. The third-order valence-electron chi connectivity index (χ3n) is 4.81. The van der Waals surface area contributed by atoms with Crippen LogP contribution < -0.4 is 11.3 Å². The lowest BCUT2D eigenvalue weighted by molar-refractivity contribution is 0.100. The second-order valence-corrected chi connectivity index (χ2v) is 7.81. The minimum atomic E-state index is -1.14. The van der Waals surface area contributed by atoms with E-state index in [1.54, 1.807) is 18.2 Å². The fraction of sp³-hybridized carbons (Fsp3) is 0.158. The number of nitrogens with two attached hydrogens (primary N) is 1. The minimum absolute atomic E-state index is 0.0538. The monoisotopic (exact) mass is 455 g/mol. The number of primary amides is 1. The highest BCUT2D eigenvalue weighted by molar-refractivity contribution is 7.17. The molecule has 11 nitrogen and oxygen atoms in total. The highest BCUT2D eigenvalue weighted by Crippen LogP contribution is 2.26. The molecule has 4 heterocycles. The van der Waals surface area contributed by atoms with Crippen LogP contribution in [0.4, 0.5) is 4.39 Å². The Hall–Kier alpha value is -3.97. The van der Waals surface area contributed by atoms with E-state index in [0.29, 0.717) is 10.2 Å². The lowest BCUT2D eigenvalue weighted by atomic mass is 10.2. The van der Waals surface area contributed by atoms with Crippen molar-refractivity contribution in [3.63, 3.8) is 0 Å². The minimum Gasteiger partial charge on any atom is -0.455 e. The van der Waals surface area contributed by atoms with E-state index in [4.69, 9.17) is 10.2 Å². The molecule has 0 fully saturated rings. The Bertz CT molecular complexity index is 1540. The lowest BCUT2D eigenvalue weighted by Crippen LogP contribution is -2.23. The first-order valence-electron chi connectivity index (χ1n) is 9.30. The maximum atomic E-state index is 13.8. The normalized spacial score (nSPS) is 12.6. The summed E-state index contributed by atoms with van der Waals surface area (Å²) >= 11 is 1.15. The molecule has 3 N–H and O–H groups in total. The fourth-order valence-electron chi connectivity index (χ4n) is 3.29. The SMILES string of the molecule is NC(=O)c1csc2ncn(Cc3nnn(C[C@H](O)c4cc5cccc(F)c5o4)n3)c(=O)c12. The second kappa shape index (κ2) is 7.62. The quantitative estimate of drug-likeness (QED) is 0.387. The molecule has 13 heteroatoms. The van der Waals surface area contributed by atoms with Crippen LogP contribution in [0.3, 0.4) is 0 Å². The lowest BCUT2D eigenvalue weighted by Gasteiger charge is -2.05. The van der Waals surface area contributed by atoms with Gasteiger partial charge >= 0.3 is 0 Å². The van der Waals surface area contributed by atoms with E-state index in [9.17, 15) is 19.1 Å². The summed E-state index contributed by atoms with van der Waals surface area (Å²) in [4.78, 5) is 30.0. The number of fused-ring (bicyclic) bond motifs is 2. The summed E-state index contributed by atoms with van der Waals surface area (Å²) in [6, 6.07) is 6.03. The summed E-state index contributed by atoms with van der Waals surface area (Å²) in [5.74, 6) is -0.891. The number of furan rings is 1. The van der Waals surface area contributed by atoms with Crippen molar-refractivity contribution >= 4 is 38.4 Å². The third-order valence-corrected chi connectivity index (χ3v) is 5.70. The summed E-state index contributed by atoms with van der Waals surface area (Å²) in [5, 5.41) is 24.5. The summed E-state index contributed by atoms with van der Waals surface area (Å²) < 4.78 is 20.5. The zero-order valence-corrected chi connectivity index (χ0v) is 17.0. The Morgan fingerprint density at radius 2 is 2.22 bits per heavy atom. The molecule has 0 saturated heterocycles. The van der Waals surface area contributed by atoms with Gasteiger partial charge in [-0.3, -0.25) is 14.2 Å². The van der Waals surface area contributed by atoms with Crippen molar-refractivity contribution in [1.82, 2.24) is 29.8 Å². The zero-order valence-electron chi connectivity index (χ0n) is 16.2. The van der Waals surface area contributed by atoms with Gasteiger partial charge < -0.3 is 15.3 Å². The first-order valence-corrected chi connectivity index (χ1v) is 10.2. The Kier molecular flexibility index (Phi) is 4.75. The van der Waals surface area contributed by atoms with E-state index in [1.165, 1.54) is 22.3 Å². The van der Waals surface area contributed by atoms with Gasteiger partial charge in [0.05, 0.1) is 30.4 Å². The van der Waals surface area contributed by atoms with Crippen LogP contribution in [-0.2, 0) is 13.1 Å². The Labute approximate surface area is 181 Å². The molecule has 1 atom stereocenters. The summed E-state index contributed by atoms with van der Waals surface area (Å²) in [5.41, 5.74) is 5.04. The van der Waals surface area contributed by atoms with E-state index in [0.717, 1.165) is 16.1 Å². The first-order chi connectivity index (χ1) is 15.4. The fourth-order valence-corrected chi connectivity index (χ4v) is 4.17. The van der Waals surface area contributed by atoms with Crippen molar-refractivity contribution in [2.24, 2.45) is 5.73 Å². The predicted molar refractivity (Wildman–Crippen MR) is 110 cm³/mol. The number of tetrazole rings is 1. The zero-order chi connectivity index (χ0) is 22.4. The van der Waals surface area contributed by atoms with Crippen molar-refractivity contribution in [1.29, 1.82) is 0 Å². The van der Waals surface area contributed by atoms with Crippen molar-refractivity contribution in [3.8, 4) is 0 Å². The molecule has 0 aliphatic heterocycles. The van der Waals surface area contributed by atoms with Crippen molar-refractivity contribution in [3.05, 3.63) is 69.3 Å². The van der Waals surface area contributed by atoms with Crippen LogP contribution in [0.5, 0.6) is 0 Å². The largest absolute Gasteiger partial charge is 0.455 e. The molecule has 0 spiro atoms. The van der Waals surface area contributed by atoms with Crippen LogP contribution >= 0.6 is 11.3 Å². The molecule has 4 aromatic heterocycles. The number of hydrogen-bond donors (Lipinski definition) is 2. The van der Waals surface area contributed by atoms with Gasteiger partial charge in [0.25, 0.3) is 5.56 Å². The van der Waals surface area contributed by atoms with E-state index in [1.807, 2.05) is 0 Å².